The van der Waals surface area contributed by atoms with Crippen LogP contribution >= 0.6 is 11.3 Å². The summed E-state index contributed by atoms with van der Waals surface area (Å²) in [5.41, 5.74) is 1.21. The molecule has 0 atom stereocenters. The molecule has 0 saturated carbocycles. The molecule has 138 valence electrons. The molecule has 8 heteroatoms. The van der Waals surface area contributed by atoms with Gasteiger partial charge in [0.2, 0.25) is 5.91 Å². The van der Waals surface area contributed by atoms with Crippen molar-refractivity contribution in [2.24, 2.45) is 0 Å². The number of anilines is 2. The van der Waals surface area contributed by atoms with Gasteiger partial charge in [-0.15, -0.1) is 11.3 Å². The van der Waals surface area contributed by atoms with Crippen molar-refractivity contribution in [3.8, 4) is 5.75 Å². The maximum absolute atomic E-state index is 12.7. The van der Waals surface area contributed by atoms with E-state index >= 15 is 0 Å². The fourth-order valence-corrected chi connectivity index (χ4v) is 3.45. The molecule has 0 aliphatic heterocycles. The highest BCUT2D eigenvalue weighted by Crippen LogP contribution is 2.34. The van der Waals surface area contributed by atoms with Gasteiger partial charge >= 0.3 is 5.97 Å². The van der Waals surface area contributed by atoms with Gasteiger partial charge in [-0.2, -0.15) is 0 Å². The second kappa shape index (κ2) is 8.48. The van der Waals surface area contributed by atoms with Crippen LogP contribution in [0.1, 0.15) is 39.4 Å². The van der Waals surface area contributed by atoms with Crippen LogP contribution in [-0.2, 0) is 9.53 Å². The summed E-state index contributed by atoms with van der Waals surface area (Å²) in [4.78, 5) is 36.6. The maximum atomic E-state index is 12.7. The predicted octanol–water partition coefficient (Wildman–Crippen LogP) is 3.45. The molecule has 0 aliphatic carbocycles. The van der Waals surface area contributed by atoms with E-state index in [0.717, 1.165) is 11.3 Å². The zero-order valence-corrected chi connectivity index (χ0v) is 15.8. The normalized spacial score (nSPS) is 10.2. The number of ether oxygens (including phenoxy) is 2. The van der Waals surface area contributed by atoms with Crippen molar-refractivity contribution >= 4 is 39.8 Å². The minimum Gasteiger partial charge on any atom is -0.497 e. The SMILES string of the molecule is CCOC(=O)c1c(NC(C)=O)sc(C(=O)Nc2cccc(OC)c2)c1C. The molecule has 0 radical (unpaired) electrons. The molecule has 0 saturated heterocycles. The van der Waals surface area contributed by atoms with E-state index in [9.17, 15) is 14.4 Å². The van der Waals surface area contributed by atoms with E-state index in [4.69, 9.17) is 9.47 Å². The number of amides is 2. The lowest BCUT2D eigenvalue weighted by atomic mass is 10.1. The number of carbonyl (C=O) groups excluding carboxylic acids is 3. The Labute approximate surface area is 155 Å². The Balaban J connectivity index is 2.36. The van der Waals surface area contributed by atoms with Gasteiger partial charge in [0.15, 0.2) is 0 Å². The van der Waals surface area contributed by atoms with Crippen LogP contribution in [0.4, 0.5) is 10.7 Å². The Kier molecular flexibility index (Phi) is 6.35. The molecule has 2 N–H and O–H groups in total. The number of carbonyl (C=O) groups is 3. The van der Waals surface area contributed by atoms with Crippen molar-refractivity contribution in [2.45, 2.75) is 20.8 Å². The summed E-state index contributed by atoms with van der Waals surface area (Å²) < 4.78 is 10.2. The highest BCUT2D eigenvalue weighted by molar-refractivity contribution is 7.18. The average molecular weight is 376 g/mol. The summed E-state index contributed by atoms with van der Waals surface area (Å²) in [5, 5.41) is 5.65. The van der Waals surface area contributed by atoms with E-state index < -0.39 is 5.97 Å². The van der Waals surface area contributed by atoms with E-state index in [1.54, 1.807) is 38.1 Å². The molecule has 26 heavy (non-hydrogen) atoms. The molecule has 0 bridgehead atoms. The van der Waals surface area contributed by atoms with Crippen molar-refractivity contribution in [1.82, 2.24) is 0 Å². The van der Waals surface area contributed by atoms with Gasteiger partial charge < -0.3 is 20.1 Å². The third kappa shape index (κ3) is 4.40. The number of methoxy groups -OCH3 is 1. The summed E-state index contributed by atoms with van der Waals surface area (Å²) in [6, 6.07) is 6.93. The van der Waals surface area contributed by atoms with Crippen LogP contribution in [0.3, 0.4) is 0 Å². The minimum atomic E-state index is -0.578. The fraction of sp³-hybridized carbons (Fsp3) is 0.278. The largest absolute Gasteiger partial charge is 0.497 e. The van der Waals surface area contributed by atoms with Gasteiger partial charge in [-0.05, 0) is 31.5 Å². The van der Waals surface area contributed by atoms with Crippen molar-refractivity contribution in [1.29, 1.82) is 0 Å². The number of esters is 1. The Hall–Kier alpha value is -2.87. The first-order valence-electron chi connectivity index (χ1n) is 7.90. The first-order valence-corrected chi connectivity index (χ1v) is 8.72. The average Bonchev–Trinajstić information content (AvgIpc) is 2.90. The molecule has 0 unspecified atom stereocenters. The van der Waals surface area contributed by atoms with E-state index in [2.05, 4.69) is 10.6 Å². The predicted molar refractivity (Wildman–Crippen MR) is 100 cm³/mol. The second-order valence-corrected chi connectivity index (χ2v) is 6.37. The van der Waals surface area contributed by atoms with Crippen molar-refractivity contribution in [2.75, 3.05) is 24.4 Å². The quantitative estimate of drug-likeness (QED) is 0.753. The highest BCUT2D eigenvalue weighted by Gasteiger charge is 2.26. The van der Waals surface area contributed by atoms with E-state index in [1.807, 2.05) is 0 Å². The van der Waals surface area contributed by atoms with Gasteiger partial charge in [0, 0.05) is 18.7 Å². The lowest BCUT2D eigenvalue weighted by Gasteiger charge is -2.07. The number of thiophene rings is 1. The van der Waals surface area contributed by atoms with Crippen LogP contribution in [-0.4, -0.2) is 31.5 Å². The molecule has 0 fully saturated rings. The number of benzene rings is 1. The molecule has 2 amide bonds. The van der Waals surface area contributed by atoms with Crippen LogP contribution in [0.25, 0.3) is 0 Å². The lowest BCUT2D eigenvalue weighted by Crippen LogP contribution is -2.13. The van der Waals surface area contributed by atoms with Crippen LogP contribution in [0.15, 0.2) is 24.3 Å². The van der Waals surface area contributed by atoms with Gasteiger partial charge in [-0.3, -0.25) is 9.59 Å². The Morgan fingerprint density at radius 2 is 1.92 bits per heavy atom. The summed E-state index contributed by atoms with van der Waals surface area (Å²) in [5.74, 6) is -0.693. The molecule has 2 rings (SSSR count). The zero-order valence-electron chi connectivity index (χ0n) is 15.0. The molecule has 0 aliphatic rings. The fourth-order valence-electron chi connectivity index (χ4n) is 2.32. The molecule has 1 aromatic heterocycles. The Morgan fingerprint density at radius 1 is 1.19 bits per heavy atom. The summed E-state index contributed by atoms with van der Waals surface area (Å²) in [6.45, 7) is 4.86. The van der Waals surface area contributed by atoms with Gasteiger partial charge in [0.1, 0.15) is 10.8 Å². The smallest absolute Gasteiger partial charge is 0.341 e. The summed E-state index contributed by atoms with van der Waals surface area (Å²) in [7, 11) is 1.54. The van der Waals surface area contributed by atoms with Crippen molar-refractivity contribution < 1.29 is 23.9 Å². The second-order valence-electron chi connectivity index (χ2n) is 5.35. The molecule has 7 nitrogen and oxygen atoms in total. The highest BCUT2D eigenvalue weighted by atomic mass is 32.1. The summed E-state index contributed by atoms with van der Waals surface area (Å²) in [6.07, 6.45) is 0. The third-order valence-corrected chi connectivity index (χ3v) is 4.66. The van der Waals surface area contributed by atoms with Gasteiger partial charge in [0.25, 0.3) is 5.91 Å². The first kappa shape index (κ1) is 19.5. The van der Waals surface area contributed by atoms with Crippen molar-refractivity contribution in [3.05, 3.63) is 40.3 Å². The molecule has 1 aromatic carbocycles. The summed E-state index contributed by atoms with van der Waals surface area (Å²) >= 11 is 1.03. The number of nitrogens with one attached hydrogen (secondary N) is 2. The Bertz CT molecular complexity index is 844. The third-order valence-electron chi connectivity index (χ3n) is 3.45. The molecule has 0 spiro atoms. The molecular weight excluding hydrogens is 356 g/mol. The van der Waals surface area contributed by atoms with Gasteiger partial charge in [0.05, 0.1) is 24.2 Å². The lowest BCUT2D eigenvalue weighted by molar-refractivity contribution is -0.114. The standard InChI is InChI=1S/C18H20N2O5S/c1-5-25-18(23)14-10(2)15(26-17(14)19-11(3)21)16(22)20-12-7-6-8-13(9-12)24-4/h6-9H,5H2,1-4H3,(H,19,21)(H,20,22). The van der Waals surface area contributed by atoms with Crippen LogP contribution in [0.2, 0.25) is 0 Å². The maximum Gasteiger partial charge on any atom is 0.341 e. The monoisotopic (exact) mass is 376 g/mol. The topological polar surface area (TPSA) is 93.7 Å². The molecule has 2 aromatic rings. The van der Waals surface area contributed by atoms with Crippen LogP contribution in [0.5, 0.6) is 5.75 Å². The van der Waals surface area contributed by atoms with E-state index in [1.165, 1.54) is 14.0 Å². The van der Waals surface area contributed by atoms with E-state index in [0.29, 0.717) is 26.9 Å². The molecule has 1 heterocycles. The van der Waals surface area contributed by atoms with Gasteiger partial charge in [-0.1, -0.05) is 6.07 Å². The number of rotatable bonds is 6. The minimum absolute atomic E-state index is 0.193. The van der Waals surface area contributed by atoms with E-state index in [-0.39, 0.29) is 24.0 Å². The van der Waals surface area contributed by atoms with Crippen LogP contribution < -0.4 is 15.4 Å². The van der Waals surface area contributed by atoms with Crippen molar-refractivity contribution in [3.63, 3.8) is 0 Å². The number of hydrogen-bond donors (Lipinski definition) is 2. The van der Waals surface area contributed by atoms with Gasteiger partial charge in [-0.25, -0.2) is 4.79 Å². The van der Waals surface area contributed by atoms with Crippen LogP contribution in [0, 0.1) is 6.92 Å². The zero-order chi connectivity index (χ0) is 19.3. The Morgan fingerprint density at radius 3 is 2.54 bits per heavy atom. The number of hydrogen-bond acceptors (Lipinski definition) is 6. The molecular formula is C18H20N2O5S. The first-order chi connectivity index (χ1) is 12.4.